The lowest BCUT2D eigenvalue weighted by Crippen LogP contribution is -1.91. The molecule has 0 unspecified atom stereocenters. The third-order valence-electron chi connectivity index (χ3n) is 2.18. The molecule has 0 heterocycles. The maximum Gasteiger partial charge on any atom is 0.0688 e. The third-order valence-corrected chi connectivity index (χ3v) is 3.08. The van der Waals surface area contributed by atoms with Crippen molar-refractivity contribution in [3.05, 3.63) is 11.8 Å². The van der Waals surface area contributed by atoms with Gasteiger partial charge in [0.1, 0.15) is 0 Å². The van der Waals surface area contributed by atoms with Crippen molar-refractivity contribution in [3.8, 4) is 0 Å². The molecule has 0 atom stereocenters. The second kappa shape index (κ2) is 10.0. The summed E-state index contributed by atoms with van der Waals surface area (Å²) in [4.78, 5) is 0. The van der Waals surface area contributed by atoms with Gasteiger partial charge in [-0.3, -0.25) is 0 Å². The van der Waals surface area contributed by atoms with Crippen LogP contribution < -0.4 is 0 Å². The lowest BCUT2D eigenvalue weighted by atomic mass is 10.1. The molecule has 0 aliphatic heterocycles. The summed E-state index contributed by atoms with van der Waals surface area (Å²) in [6, 6.07) is 0. The molecule has 1 heteroatoms. The van der Waals surface area contributed by atoms with Crippen LogP contribution in [0.25, 0.3) is 0 Å². The Labute approximate surface area is 86.0 Å². The van der Waals surface area contributed by atoms with Gasteiger partial charge in [-0.05, 0) is 12.8 Å². The van der Waals surface area contributed by atoms with E-state index in [1.165, 1.54) is 44.9 Å². The number of hydrogen-bond donors (Lipinski definition) is 0. The van der Waals surface area contributed by atoms with Crippen molar-refractivity contribution >= 4 is 8.80 Å². The second-order valence-corrected chi connectivity index (χ2v) is 6.52. The molecule has 0 bridgehead atoms. The molecular weight excluding hydrogens is 172 g/mol. The van der Waals surface area contributed by atoms with Gasteiger partial charge in [0, 0.05) is 0 Å². The molecule has 0 nitrogen and oxygen atoms in total. The van der Waals surface area contributed by atoms with Crippen LogP contribution in [0.1, 0.15) is 51.9 Å². The summed E-state index contributed by atoms with van der Waals surface area (Å²) in [6.45, 7) is 6.94. The van der Waals surface area contributed by atoms with Crippen LogP contribution in [0.2, 0.25) is 13.1 Å². The van der Waals surface area contributed by atoms with E-state index in [1.54, 1.807) is 0 Å². The van der Waals surface area contributed by atoms with E-state index in [4.69, 9.17) is 0 Å². The van der Waals surface area contributed by atoms with Gasteiger partial charge in [0.05, 0.1) is 8.80 Å². The van der Waals surface area contributed by atoms with Crippen molar-refractivity contribution in [2.24, 2.45) is 0 Å². The lowest BCUT2D eigenvalue weighted by molar-refractivity contribution is 0.611. The fourth-order valence-corrected chi connectivity index (χ4v) is 2.00. The molecule has 1 radical (unpaired) electrons. The van der Waals surface area contributed by atoms with Gasteiger partial charge < -0.3 is 0 Å². The molecular formula is C12H25Si. The summed E-state index contributed by atoms with van der Waals surface area (Å²) < 4.78 is 0. The largest absolute Gasteiger partial charge is 0.101 e. The molecule has 0 aromatic rings. The van der Waals surface area contributed by atoms with E-state index in [2.05, 4.69) is 31.8 Å². The van der Waals surface area contributed by atoms with Crippen molar-refractivity contribution in [1.29, 1.82) is 0 Å². The Hall–Kier alpha value is -0.0431. The first-order valence-corrected chi connectivity index (χ1v) is 8.31. The van der Waals surface area contributed by atoms with E-state index < -0.39 is 0 Å². The van der Waals surface area contributed by atoms with E-state index in [1.807, 2.05) is 0 Å². The minimum absolute atomic E-state index is 0.116. The molecule has 0 aliphatic carbocycles. The number of allylic oxidation sites excluding steroid dienone is 1. The predicted molar refractivity (Wildman–Crippen MR) is 64.6 cm³/mol. The van der Waals surface area contributed by atoms with E-state index in [0.29, 0.717) is 0 Å². The fourth-order valence-electron chi connectivity index (χ4n) is 1.36. The van der Waals surface area contributed by atoms with Crippen LogP contribution in [-0.4, -0.2) is 8.80 Å². The molecule has 77 valence electrons. The monoisotopic (exact) mass is 197 g/mol. The van der Waals surface area contributed by atoms with Crippen molar-refractivity contribution in [2.75, 3.05) is 0 Å². The summed E-state index contributed by atoms with van der Waals surface area (Å²) in [5.74, 6) is 0. The molecule has 13 heavy (non-hydrogen) atoms. The summed E-state index contributed by atoms with van der Waals surface area (Å²) in [7, 11) is -0.116. The molecule has 0 spiro atoms. The lowest BCUT2D eigenvalue weighted by Gasteiger charge is -1.97. The Kier molecular flexibility index (Phi) is 10.0. The molecule has 0 amide bonds. The molecule has 0 aromatic heterocycles. The third kappa shape index (κ3) is 12.0. The standard InChI is InChI=1S/C12H25Si/c1-4-5-6-7-8-9-10-11-12-13(2)3/h11-12H,4-10H2,1-3H3. The highest BCUT2D eigenvalue weighted by Crippen LogP contribution is 2.07. The van der Waals surface area contributed by atoms with Crippen LogP contribution in [0.4, 0.5) is 0 Å². The molecule has 0 saturated carbocycles. The van der Waals surface area contributed by atoms with Crippen LogP contribution in [0.15, 0.2) is 11.8 Å². The molecule has 0 aromatic carbocycles. The van der Waals surface area contributed by atoms with Crippen LogP contribution >= 0.6 is 0 Å². The molecule has 0 fully saturated rings. The highest BCUT2D eigenvalue weighted by molar-refractivity contribution is 6.61. The number of hydrogen-bond acceptors (Lipinski definition) is 0. The summed E-state index contributed by atoms with van der Waals surface area (Å²) in [6.07, 6.45) is 12.2. The van der Waals surface area contributed by atoms with E-state index in [9.17, 15) is 0 Å². The van der Waals surface area contributed by atoms with Gasteiger partial charge in [-0.25, -0.2) is 0 Å². The molecule has 0 N–H and O–H groups in total. The highest BCUT2D eigenvalue weighted by Gasteiger charge is 1.89. The van der Waals surface area contributed by atoms with E-state index in [0.717, 1.165) is 0 Å². The van der Waals surface area contributed by atoms with Crippen molar-refractivity contribution < 1.29 is 0 Å². The van der Waals surface area contributed by atoms with Crippen LogP contribution in [-0.2, 0) is 0 Å². The van der Waals surface area contributed by atoms with Gasteiger partial charge in [0.25, 0.3) is 0 Å². The van der Waals surface area contributed by atoms with Crippen LogP contribution in [0.5, 0.6) is 0 Å². The first-order chi connectivity index (χ1) is 6.27. The Morgan fingerprint density at radius 2 is 1.54 bits per heavy atom. The zero-order chi connectivity index (χ0) is 9.94. The van der Waals surface area contributed by atoms with Crippen LogP contribution in [0, 0.1) is 0 Å². The molecule has 0 aliphatic rings. The first kappa shape index (κ1) is 13.0. The van der Waals surface area contributed by atoms with Gasteiger partial charge in [-0.2, -0.15) is 0 Å². The summed E-state index contributed by atoms with van der Waals surface area (Å²) in [5.41, 5.74) is 2.41. The van der Waals surface area contributed by atoms with Gasteiger partial charge in [-0.1, -0.05) is 58.2 Å². The summed E-state index contributed by atoms with van der Waals surface area (Å²) >= 11 is 0. The van der Waals surface area contributed by atoms with Gasteiger partial charge in [0.2, 0.25) is 0 Å². The Morgan fingerprint density at radius 3 is 2.15 bits per heavy atom. The quantitative estimate of drug-likeness (QED) is 0.394. The maximum atomic E-state index is 2.41. The zero-order valence-corrected chi connectivity index (χ0v) is 10.6. The van der Waals surface area contributed by atoms with Crippen molar-refractivity contribution in [3.63, 3.8) is 0 Å². The minimum Gasteiger partial charge on any atom is -0.101 e. The zero-order valence-electron chi connectivity index (χ0n) is 9.60. The van der Waals surface area contributed by atoms with E-state index in [-0.39, 0.29) is 8.80 Å². The second-order valence-electron chi connectivity index (χ2n) is 4.04. The normalized spacial score (nSPS) is 11.7. The smallest absolute Gasteiger partial charge is 0.0688 e. The van der Waals surface area contributed by atoms with Crippen LogP contribution in [0.3, 0.4) is 0 Å². The molecule has 0 saturated heterocycles. The fraction of sp³-hybridized carbons (Fsp3) is 0.833. The SMILES string of the molecule is CCCCCCCCC=C[Si](C)C. The Morgan fingerprint density at radius 1 is 0.923 bits per heavy atom. The maximum absolute atomic E-state index is 2.41. The van der Waals surface area contributed by atoms with E-state index >= 15 is 0 Å². The summed E-state index contributed by atoms with van der Waals surface area (Å²) in [5, 5.41) is 0. The van der Waals surface area contributed by atoms with Gasteiger partial charge in [0.15, 0.2) is 0 Å². The Bertz CT molecular complexity index is 116. The number of unbranched alkanes of at least 4 members (excludes halogenated alkanes) is 6. The average molecular weight is 197 g/mol. The van der Waals surface area contributed by atoms with Crippen molar-refractivity contribution in [2.45, 2.75) is 65.0 Å². The van der Waals surface area contributed by atoms with Gasteiger partial charge in [-0.15, -0.1) is 5.70 Å². The highest BCUT2D eigenvalue weighted by atomic mass is 28.3. The number of rotatable bonds is 8. The Balaban J connectivity index is 2.99. The molecule has 0 rings (SSSR count). The topological polar surface area (TPSA) is 0 Å². The van der Waals surface area contributed by atoms with Gasteiger partial charge >= 0.3 is 0 Å². The predicted octanol–water partition coefficient (Wildman–Crippen LogP) is 4.59. The average Bonchev–Trinajstić information content (AvgIpc) is 2.09. The van der Waals surface area contributed by atoms with Crippen molar-refractivity contribution in [1.82, 2.24) is 0 Å². The minimum atomic E-state index is -0.116. The first-order valence-electron chi connectivity index (χ1n) is 5.74.